The predicted molar refractivity (Wildman–Crippen MR) is 107 cm³/mol. The van der Waals surface area contributed by atoms with Crippen molar-refractivity contribution in [3.8, 4) is 0 Å². The fourth-order valence-electron chi connectivity index (χ4n) is 8.31. The first-order valence-corrected chi connectivity index (χ1v) is 11.3. The third kappa shape index (κ3) is 2.65. The summed E-state index contributed by atoms with van der Waals surface area (Å²) in [5, 5.41) is 20.5. The summed E-state index contributed by atoms with van der Waals surface area (Å²) in [4.78, 5) is 0. The maximum Gasteiger partial charge on any atom is 0.0579 e. The van der Waals surface area contributed by atoms with Gasteiger partial charge in [-0.25, -0.2) is 0 Å². The largest absolute Gasteiger partial charge is 0.396 e. The van der Waals surface area contributed by atoms with E-state index in [0.717, 1.165) is 30.6 Å². The molecule has 0 amide bonds. The van der Waals surface area contributed by atoms with Gasteiger partial charge in [0.2, 0.25) is 0 Å². The molecular weight excluding hydrogens is 320 g/mol. The number of allylic oxidation sites excluding steroid dienone is 2. The number of hydrogen-bond donors (Lipinski definition) is 2. The molecule has 0 aromatic heterocycles. The van der Waals surface area contributed by atoms with Crippen LogP contribution in [0.2, 0.25) is 0 Å². The molecule has 0 aliphatic heterocycles. The molecule has 0 bridgehead atoms. The Bertz CT molecular complexity index is 569. The van der Waals surface area contributed by atoms with E-state index in [4.69, 9.17) is 0 Å². The van der Waals surface area contributed by atoms with Crippen molar-refractivity contribution in [1.82, 2.24) is 0 Å². The van der Waals surface area contributed by atoms with Crippen LogP contribution in [0.4, 0.5) is 0 Å². The summed E-state index contributed by atoms with van der Waals surface area (Å²) in [6.45, 7) is 9.98. The summed E-state index contributed by atoms with van der Waals surface area (Å²) in [6.07, 6.45) is 12.2. The second-order valence-electron chi connectivity index (χ2n) is 11.0. The SMILES string of the molecule is C[C@H]1CC[C@@]2(C)C(=CC[C@H]3[C@@H]4CC(O)[C@H]([C@H](C)CCO)[C@@]4(C)CC[C@@H]32)C1. The fraction of sp³-hybridized carbons (Fsp3) is 0.917. The lowest BCUT2D eigenvalue weighted by Gasteiger charge is -2.58. The molecule has 2 N–H and O–H groups in total. The molecule has 3 fully saturated rings. The van der Waals surface area contributed by atoms with Gasteiger partial charge in [-0.05, 0) is 97.7 Å². The molecule has 9 atom stereocenters. The van der Waals surface area contributed by atoms with Crippen LogP contribution in [0.25, 0.3) is 0 Å². The van der Waals surface area contributed by atoms with Gasteiger partial charge < -0.3 is 10.2 Å². The van der Waals surface area contributed by atoms with E-state index in [0.29, 0.717) is 23.2 Å². The normalized spacial score (nSPS) is 51.8. The Morgan fingerprint density at radius 1 is 1.19 bits per heavy atom. The van der Waals surface area contributed by atoms with Crippen LogP contribution in [-0.4, -0.2) is 22.9 Å². The number of hydrogen-bond acceptors (Lipinski definition) is 2. The van der Waals surface area contributed by atoms with Crippen molar-refractivity contribution in [1.29, 1.82) is 0 Å². The Hall–Kier alpha value is -0.340. The van der Waals surface area contributed by atoms with Gasteiger partial charge in [-0.15, -0.1) is 0 Å². The highest BCUT2D eigenvalue weighted by molar-refractivity contribution is 5.25. The highest BCUT2D eigenvalue weighted by Crippen LogP contribution is 2.67. The Morgan fingerprint density at radius 2 is 1.96 bits per heavy atom. The lowest BCUT2D eigenvalue weighted by molar-refractivity contribution is -0.0586. The number of rotatable bonds is 3. The van der Waals surface area contributed by atoms with Gasteiger partial charge in [0.25, 0.3) is 0 Å². The minimum absolute atomic E-state index is 0.171. The molecule has 26 heavy (non-hydrogen) atoms. The van der Waals surface area contributed by atoms with E-state index in [1.165, 1.54) is 38.5 Å². The Morgan fingerprint density at radius 3 is 2.69 bits per heavy atom. The van der Waals surface area contributed by atoms with E-state index >= 15 is 0 Å². The first kappa shape index (κ1) is 19.0. The summed E-state index contributed by atoms with van der Waals surface area (Å²) >= 11 is 0. The van der Waals surface area contributed by atoms with E-state index in [1.54, 1.807) is 5.57 Å². The van der Waals surface area contributed by atoms with Crippen LogP contribution < -0.4 is 0 Å². The third-order valence-electron chi connectivity index (χ3n) is 9.66. The molecule has 0 radical (unpaired) electrons. The first-order valence-electron chi connectivity index (χ1n) is 11.3. The lowest BCUT2D eigenvalue weighted by atomic mass is 9.46. The molecule has 148 valence electrons. The van der Waals surface area contributed by atoms with Crippen LogP contribution in [0.1, 0.15) is 79.1 Å². The summed E-state index contributed by atoms with van der Waals surface area (Å²) in [7, 11) is 0. The second-order valence-corrected chi connectivity index (χ2v) is 11.0. The van der Waals surface area contributed by atoms with Crippen molar-refractivity contribution in [3.05, 3.63) is 11.6 Å². The molecule has 4 aliphatic rings. The van der Waals surface area contributed by atoms with Gasteiger partial charge in [-0.2, -0.15) is 0 Å². The lowest BCUT2D eigenvalue weighted by Crippen LogP contribution is -2.50. The highest BCUT2D eigenvalue weighted by Gasteiger charge is 2.61. The molecule has 2 heteroatoms. The van der Waals surface area contributed by atoms with E-state index in [-0.39, 0.29) is 18.1 Å². The van der Waals surface area contributed by atoms with Gasteiger partial charge in [-0.3, -0.25) is 0 Å². The predicted octanol–water partition coefficient (Wildman–Crippen LogP) is 5.19. The molecule has 0 spiro atoms. The molecule has 2 nitrogen and oxygen atoms in total. The quantitative estimate of drug-likeness (QED) is 0.680. The monoisotopic (exact) mass is 360 g/mol. The van der Waals surface area contributed by atoms with Crippen LogP contribution in [0.5, 0.6) is 0 Å². The molecule has 0 aromatic carbocycles. The van der Waals surface area contributed by atoms with Gasteiger partial charge in [0.15, 0.2) is 0 Å². The van der Waals surface area contributed by atoms with E-state index in [2.05, 4.69) is 33.8 Å². The van der Waals surface area contributed by atoms with Gasteiger partial charge in [0, 0.05) is 6.61 Å². The van der Waals surface area contributed by atoms with E-state index in [9.17, 15) is 10.2 Å². The highest BCUT2D eigenvalue weighted by atomic mass is 16.3. The summed E-state index contributed by atoms with van der Waals surface area (Å²) < 4.78 is 0. The smallest absolute Gasteiger partial charge is 0.0579 e. The van der Waals surface area contributed by atoms with E-state index < -0.39 is 0 Å². The summed E-state index contributed by atoms with van der Waals surface area (Å²) in [6, 6.07) is 0. The van der Waals surface area contributed by atoms with Crippen LogP contribution >= 0.6 is 0 Å². The first-order chi connectivity index (χ1) is 12.3. The minimum Gasteiger partial charge on any atom is -0.396 e. The molecule has 4 aliphatic carbocycles. The van der Waals surface area contributed by atoms with Crippen molar-refractivity contribution in [2.45, 2.75) is 85.2 Å². The number of aliphatic hydroxyl groups is 2. The molecule has 0 heterocycles. The molecular formula is C24H40O2. The van der Waals surface area contributed by atoms with Gasteiger partial charge in [0.1, 0.15) is 0 Å². The fourth-order valence-corrected chi connectivity index (χ4v) is 8.31. The topological polar surface area (TPSA) is 40.5 Å². The average Bonchev–Trinajstić information content (AvgIpc) is 2.86. The van der Waals surface area contributed by atoms with Crippen molar-refractivity contribution in [2.75, 3.05) is 6.61 Å². The van der Waals surface area contributed by atoms with Crippen molar-refractivity contribution in [2.24, 2.45) is 46.3 Å². The zero-order chi connectivity index (χ0) is 18.7. The number of aliphatic hydroxyl groups excluding tert-OH is 2. The molecule has 0 aromatic rings. The Labute approximate surface area is 160 Å². The summed E-state index contributed by atoms with van der Waals surface area (Å²) in [5.41, 5.74) is 2.46. The van der Waals surface area contributed by atoms with Crippen LogP contribution in [0.15, 0.2) is 11.6 Å². The molecule has 4 rings (SSSR count). The molecule has 1 unspecified atom stereocenters. The molecule has 3 saturated carbocycles. The molecule has 0 saturated heterocycles. The van der Waals surface area contributed by atoms with Crippen LogP contribution in [-0.2, 0) is 0 Å². The zero-order valence-corrected chi connectivity index (χ0v) is 17.4. The standard InChI is InChI=1S/C24H40O2/c1-15-7-10-23(3)17(13-15)5-6-18-19(23)8-11-24(4)20(18)14-21(26)22(24)16(2)9-12-25/h5,15-16,18-22,25-26H,6-14H2,1-4H3/t15-,16+,18+,19-,20-,21?,22-,23-,24-/m0/s1. The van der Waals surface area contributed by atoms with Crippen molar-refractivity contribution >= 4 is 0 Å². The summed E-state index contributed by atoms with van der Waals surface area (Å²) in [5.74, 6) is 3.89. The van der Waals surface area contributed by atoms with E-state index in [1.807, 2.05) is 0 Å². The van der Waals surface area contributed by atoms with Gasteiger partial charge in [0.05, 0.1) is 6.10 Å². The Balaban J connectivity index is 1.63. The van der Waals surface area contributed by atoms with Crippen LogP contribution in [0, 0.1) is 46.3 Å². The number of fused-ring (bicyclic) bond motifs is 5. The maximum atomic E-state index is 11.0. The Kier molecular flexibility index (Phi) is 4.84. The van der Waals surface area contributed by atoms with Crippen molar-refractivity contribution < 1.29 is 10.2 Å². The maximum absolute atomic E-state index is 11.0. The zero-order valence-electron chi connectivity index (χ0n) is 17.4. The second kappa shape index (κ2) is 6.62. The minimum atomic E-state index is -0.171. The van der Waals surface area contributed by atoms with Crippen molar-refractivity contribution in [3.63, 3.8) is 0 Å². The van der Waals surface area contributed by atoms with Gasteiger partial charge in [-0.1, -0.05) is 39.3 Å². The van der Waals surface area contributed by atoms with Crippen LogP contribution in [0.3, 0.4) is 0 Å². The average molecular weight is 361 g/mol. The third-order valence-corrected chi connectivity index (χ3v) is 9.66. The van der Waals surface area contributed by atoms with Gasteiger partial charge >= 0.3 is 0 Å².